The summed E-state index contributed by atoms with van der Waals surface area (Å²) >= 11 is 0. The third-order valence-corrected chi connectivity index (χ3v) is 0.473. The van der Waals surface area contributed by atoms with Gasteiger partial charge in [-0.05, 0) is 0 Å². The van der Waals surface area contributed by atoms with E-state index >= 15 is 0 Å². The van der Waals surface area contributed by atoms with E-state index < -0.39 is 0 Å². The Kier molecular flexibility index (Phi) is 3.26. The Morgan fingerprint density at radius 2 is 2.57 bits per heavy atom. The quantitative estimate of drug-likeness (QED) is 0.395. The zero-order valence-corrected chi connectivity index (χ0v) is 4.23. The molecule has 0 bridgehead atoms. The molecule has 0 aromatic heterocycles. The SMILES string of the molecule is COCC(=O)N[NH3+]. The van der Waals surface area contributed by atoms with Crippen molar-refractivity contribution in [1.82, 2.24) is 5.43 Å². The maximum Gasteiger partial charge on any atom is 0.290 e. The van der Waals surface area contributed by atoms with E-state index in [0.29, 0.717) is 0 Å². The number of hydrogen-bond acceptors (Lipinski definition) is 2. The summed E-state index contributed by atoms with van der Waals surface area (Å²) in [4.78, 5) is 10.1. The van der Waals surface area contributed by atoms with E-state index in [1.165, 1.54) is 7.11 Å². The summed E-state index contributed by atoms with van der Waals surface area (Å²) in [6, 6.07) is 0. The van der Waals surface area contributed by atoms with Gasteiger partial charge in [-0.2, -0.15) is 0 Å². The van der Waals surface area contributed by atoms with Crippen LogP contribution in [0.25, 0.3) is 0 Å². The average Bonchev–Trinajstić information content (AvgIpc) is 1.68. The van der Waals surface area contributed by atoms with Crippen molar-refractivity contribution in [2.75, 3.05) is 13.7 Å². The van der Waals surface area contributed by atoms with E-state index in [9.17, 15) is 4.79 Å². The van der Waals surface area contributed by atoms with Crippen molar-refractivity contribution in [1.29, 1.82) is 0 Å². The lowest BCUT2D eigenvalue weighted by Crippen LogP contribution is -2.67. The molecule has 0 aromatic rings. The van der Waals surface area contributed by atoms with Crippen LogP contribution in [0.2, 0.25) is 0 Å². The molecule has 0 saturated heterocycles. The van der Waals surface area contributed by atoms with Crippen LogP contribution in [-0.4, -0.2) is 19.6 Å². The number of rotatable bonds is 2. The predicted octanol–water partition coefficient (Wildman–Crippen LogP) is -2.09. The molecule has 42 valence electrons. The van der Waals surface area contributed by atoms with Gasteiger partial charge in [-0.25, -0.2) is 5.43 Å². The van der Waals surface area contributed by atoms with Crippen molar-refractivity contribution in [3.8, 4) is 0 Å². The van der Waals surface area contributed by atoms with E-state index in [0.717, 1.165) is 0 Å². The van der Waals surface area contributed by atoms with Crippen LogP contribution in [-0.2, 0) is 9.53 Å². The summed E-state index contributed by atoms with van der Waals surface area (Å²) in [6.45, 7) is 0.0868. The van der Waals surface area contributed by atoms with Gasteiger partial charge in [0.1, 0.15) is 6.61 Å². The maximum absolute atomic E-state index is 10.1. The molecule has 0 spiro atoms. The number of amides is 1. The lowest BCUT2D eigenvalue weighted by Gasteiger charge is -1.90. The molecule has 0 aromatic carbocycles. The molecular formula is C3H9N2O2+. The molecule has 0 saturated carbocycles. The molecule has 7 heavy (non-hydrogen) atoms. The molecule has 4 N–H and O–H groups in total. The van der Waals surface area contributed by atoms with Crippen LogP contribution in [0.5, 0.6) is 0 Å². The Bertz CT molecular complexity index is 64.0. The molecule has 0 fully saturated rings. The van der Waals surface area contributed by atoms with Gasteiger partial charge in [0.05, 0.1) is 0 Å². The number of hydrogen-bond donors (Lipinski definition) is 2. The van der Waals surface area contributed by atoms with Crippen LogP contribution in [0.15, 0.2) is 0 Å². The minimum absolute atomic E-state index is 0.0868. The first kappa shape index (κ1) is 6.39. The highest BCUT2D eigenvalue weighted by Crippen LogP contribution is 1.60. The standard InChI is InChI=1S/C3H8N2O2/c1-7-2-3(6)5-4/h2,4H2,1H3,(H,5,6)/p+1. The number of ether oxygens (including phenoxy) is 1. The Labute approximate surface area is 41.6 Å². The molecule has 0 rings (SSSR count). The first-order valence-electron chi connectivity index (χ1n) is 1.86. The number of nitrogens with one attached hydrogen (secondary N) is 1. The summed E-state index contributed by atoms with van der Waals surface area (Å²) in [5.74, 6) is 2.92. The third-order valence-electron chi connectivity index (χ3n) is 0.473. The van der Waals surface area contributed by atoms with Crippen molar-refractivity contribution in [3.63, 3.8) is 0 Å². The van der Waals surface area contributed by atoms with Crippen LogP contribution in [0, 0.1) is 0 Å². The largest absolute Gasteiger partial charge is 0.375 e. The van der Waals surface area contributed by atoms with Crippen LogP contribution < -0.4 is 11.3 Å². The maximum atomic E-state index is 10.1. The second kappa shape index (κ2) is 3.58. The second-order valence-electron chi connectivity index (χ2n) is 1.03. The van der Waals surface area contributed by atoms with E-state index in [1.54, 1.807) is 0 Å². The molecule has 0 heterocycles. The number of carbonyl (C=O) groups is 1. The van der Waals surface area contributed by atoms with Crippen molar-refractivity contribution in [3.05, 3.63) is 0 Å². The monoisotopic (exact) mass is 105 g/mol. The number of carbonyl (C=O) groups excluding carboxylic acids is 1. The lowest BCUT2D eigenvalue weighted by molar-refractivity contribution is -0.427. The number of quaternary nitrogens is 1. The summed E-state index contributed by atoms with van der Waals surface area (Å²) in [5.41, 5.74) is 2.15. The Hall–Kier alpha value is -0.610. The van der Waals surface area contributed by atoms with E-state index in [1.807, 2.05) is 0 Å². The van der Waals surface area contributed by atoms with Crippen LogP contribution in [0.3, 0.4) is 0 Å². The van der Waals surface area contributed by atoms with Gasteiger partial charge in [-0.3, -0.25) is 10.6 Å². The predicted molar refractivity (Wildman–Crippen MR) is 22.9 cm³/mol. The highest BCUT2D eigenvalue weighted by atomic mass is 16.5. The zero-order chi connectivity index (χ0) is 5.70. The van der Waals surface area contributed by atoms with Gasteiger partial charge in [0.2, 0.25) is 0 Å². The fourth-order valence-corrected chi connectivity index (χ4v) is 0.182. The van der Waals surface area contributed by atoms with Gasteiger partial charge < -0.3 is 4.74 Å². The van der Waals surface area contributed by atoms with E-state index in [2.05, 4.69) is 16.0 Å². The molecule has 0 aliphatic heterocycles. The number of methoxy groups -OCH3 is 1. The molecular weight excluding hydrogens is 96.0 g/mol. The second-order valence-corrected chi connectivity index (χ2v) is 1.03. The van der Waals surface area contributed by atoms with Crippen LogP contribution >= 0.6 is 0 Å². The Morgan fingerprint density at radius 1 is 2.00 bits per heavy atom. The van der Waals surface area contributed by atoms with Gasteiger partial charge >= 0.3 is 0 Å². The molecule has 0 radical (unpaired) electrons. The summed E-state index contributed by atoms with van der Waals surface area (Å²) in [6.07, 6.45) is 0. The van der Waals surface area contributed by atoms with Gasteiger partial charge in [-0.15, -0.1) is 0 Å². The van der Waals surface area contributed by atoms with Gasteiger partial charge in [0.25, 0.3) is 5.91 Å². The Balaban J connectivity index is 3.00. The summed E-state index contributed by atoms with van der Waals surface area (Å²) in [5, 5.41) is 0. The van der Waals surface area contributed by atoms with Gasteiger partial charge in [0, 0.05) is 7.11 Å². The summed E-state index contributed by atoms with van der Waals surface area (Å²) in [7, 11) is 1.45. The fourth-order valence-electron chi connectivity index (χ4n) is 0.182. The zero-order valence-electron chi connectivity index (χ0n) is 4.23. The Morgan fingerprint density at radius 3 is 2.71 bits per heavy atom. The third kappa shape index (κ3) is 3.21. The first-order valence-corrected chi connectivity index (χ1v) is 1.86. The van der Waals surface area contributed by atoms with Crippen LogP contribution in [0.1, 0.15) is 0 Å². The van der Waals surface area contributed by atoms with Crippen molar-refractivity contribution in [2.45, 2.75) is 0 Å². The molecule has 0 aliphatic carbocycles. The minimum atomic E-state index is -0.206. The summed E-state index contributed by atoms with van der Waals surface area (Å²) < 4.78 is 4.44. The lowest BCUT2D eigenvalue weighted by atomic mass is 10.7. The molecule has 0 aliphatic rings. The van der Waals surface area contributed by atoms with Crippen molar-refractivity contribution in [2.24, 2.45) is 0 Å². The van der Waals surface area contributed by atoms with Crippen molar-refractivity contribution < 1.29 is 15.4 Å². The molecule has 0 unspecified atom stereocenters. The van der Waals surface area contributed by atoms with Gasteiger partial charge in [-0.1, -0.05) is 0 Å². The van der Waals surface area contributed by atoms with Gasteiger partial charge in [0.15, 0.2) is 0 Å². The molecule has 4 heteroatoms. The fraction of sp³-hybridized carbons (Fsp3) is 0.667. The average molecular weight is 105 g/mol. The van der Waals surface area contributed by atoms with Crippen molar-refractivity contribution >= 4 is 5.91 Å². The molecule has 1 amide bonds. The van der Waals surface area contributed by atoms with E-state index in [-0.39, 0.29) is 12.5 Å². The highest BCUT2D eigenvalue weighted by Gasteiger charge is 1.93. The first-order chi connectivity index (χ1) is 3.31. The van der Waals surface area contributed by atoms with Crippen LogP contribution in [0.4, 0.5) is 0 Å². The normalized spacial score (nSPS) is 8.29. The molecule has 0 atom stereocenters. The topological polar surface area (TPSA) is 66.0 Å². The molecule has 4 nitrogen and oxygen atoms in total. The minimum Gasteiger partial charge on any atom is -0.375 e. The highest BCUT2D eigenvalue weighted by molar-refractivity contribution is 5.75. The van der Waals surface area contributed by atoms with E-state index in [4.69, 9.17) is 0 Å². The smallest absolute Gasteiger partial charge is 0.290 e.